The number of nitrogens with one attached hydrogen (secondary N) is 1. The summed E-state index contributed by atoms with van der Waals surface area (Å²) in [5.41, 5.74) is 2.87. The molecule has 3 heteroatoms. The topological polar surface area (TPSA) is 18.5 Å². The zero-order chi connectivity index (χ0) is 13.8. The highest BCUT2D eigenvalue weighted by molar-refractivity contribution is 5.54. The molecule has 3 rings (SSSR count). The molecule has 1 heterocycles. The van der Waals surface area contributed by atoms with E-state index in [-0.39, 0.29) is 0 Å². The molecule has 2 aliphatic rings. The zero-order valence-corrected chi connectivity index (χ0v) is 12.6. The molecule has 1 aliphatic carbocycles. The Kier molecular flexibility index (Phi) is 4.58. The summed E-state index contributed by atoms with van der Waals surface area (Å²) in [6.45, 7) is 10.3. The second-order valence-electron chi connectivity index (χ2n) is 6.14. The third-order valence-electron chi connectivity index (χ3n) is 4.48. The first-order chi connectivity index (χ1) is 9.86. The molecule has 0 radical (unpaired) electrons. The molecular formula is C17H27N3. The fourth-order valence-corrected chi connectivity index (χ4v) is 3.07. The van der Waals surface area contributed by atoms with Crippen molar-refractivity contribution in [1.29, 1.82) is 0 Å². The van der Waals surface area contributed by atoms with Crippen molar-refractivity contribution in [1.82, 2.24) is 10.2 Å². The number of nitrogens with zero attached hydrogens (tertiary/aromatic N) is 2. The van der Waals surface area contributed by atoms with Crippen molar-refractivity contribution in [3.63, 3.8) is 0 Å². The van der Waals surface area contributed by atoms with E-state index in [0.29, 0.717) is 0 Å². The molecule has 1 aromatic rings. The average molecular weight is 273 g/mol. The van der Waals surface area contributed by atoms with E-state index < -0.39 is 0 Å². The van der Waals surface area contributed by atoms with Crippen LogP contribution in [-0.2, 0) is 6.54 Å². The maximum absolute atomic E-state index is 3.45. The molecule has 0 atom stereocenters. The smallest absolute Gasteiger partial charge is 0.0412 e. The van der Waals surface area contributed by atoms with Crippen molar-refractivity contribution in [3.05, 3.63) is 29.8 Å². The number of hydrogen-bond acceptors (Lipinski definition) is 3. The quantitative estimate of drug-likeness (QED) is 0.858. The van der Waals surface area contributed by atoms with Gasteiger partial charge >= 0.3 is 0 Å². The number of para-hydroxylation sites is 1. The van der Waals surface area contributed by atoms with Crippen molar-refractivity contribution in [3.8, 4) is 0 Å². The standard InChI is InChI=1S/C17H27N3/c1-2-18-13-16-5-3-4-6-17(16)20-11-9-19(10-12-20)14-15-7-8-15/h3-6,15,18H,2,7-14H2,1H3. The number of anilines is 1. The first-order valence-corrected chi connectivity index (χ1v) is 8.12. The number of benzene rings is 1. The molecule has 20 heavy (non-hydrogen) atoms. The molecule has 2 fully saturated rings. The molecule has 3 nitrogen and oxygen atoms in total. The van der Waals surface area contributed by atoms with E-state index in [1.807, 2.05) is 0 Å². The van der Waals surface area contributed by atoms with Crippen LogP contribution in [-0.4, -0.2) is 44.2 Å². The molecular weight excluding hydrogens is 246 g/mol. The molecule has 0 unspecified atom stereocenters. The summed E-state index contributed by atoms with van der Waals surface area (Å²) in [6.07, 6.45) is 2.93. The third-order valence-corrected chi connectivity index (χ3v) is 4.48. The van der Waals surface area contributed by atoms with Crippen LogP contribution in [0.3, 0.4) is 0 Å². The molecule has 1 N–H and O–H groups in total. The van der Waals surface area contributed by atoms with E-state index in [1.165, 1.54) is 56.8 Å². The molecule has 0 amide bonds. The summed E-state index contributed by atoms with van der Waals surface area (Å²) >= 11 is 0. The van der Waals surface area contributed by atoms with Gasteiger partial charge in [-0.05, 0) is 36.9 Å². The lowest BCUT2D eigenvalue weighted by molar-refractivity contribution is 0.248. The second-order valence-corrected chi connectivity index (χ2v) is 6.14. The van der Waals surface area contributed by atoms with Gasteiger partial charge in [0.25, 0.3) is 0 Å². The van der Waals surface area contributed by atoms with E-state index in [4.69, 9.17) is 0 Å². The highest BCUT2D eigenvalue weighted by Gasteiger charge is 2.26. The fourth-order valence-electron chi connectivity index (χ4n) is 3.07. The van der Waals surface area contributed by atoms with Crippen LogP contribution in [0.2, 0.25) is 0 Å². The lowest BCUT2D eigenvalue weighted by Gasteiger charge is -2.37. The van der Waals surface area contributed by atoms with Gasteiger partial charge in [-0.1, -0.05) is 25.1 Å². The molecule has 1 aliphatic heterocycles. The van der Waals surface area contributed by atoms with Crippen LogP contribution >= 0.6 is 0 Å². The molecule has 0 spiro atoms. The Morgan fingerprint density at radius 2 is 1.85 bits per heavy atom. The van der Waals surface area contributed by atoms with Gasteiger partial charge in [0.1, 0.15) is 0 Å². The molecule has 0 aromatic heterocycles. The first kappa shape index (κ1) is 13.9. The molecule has 110 valence electrons. The highest BCUT2D eigenvalue weighted by atomic mass is 15.3. The van der Waals surface area contributed by atoms with Gasteiger partial charge in [0.2, 0.25) is 0 Å². The summed E-state index contributed by atoms with van der Waals surface area (Å²) in [5.74, 6) is 1.02. The van der Waals surface area contributed by atoms with E-state index in [0.717, 1.165) is 19.0 Å². The van der Waals surface area contributed by atoms with Crippen molar-refractivity contribution in [2.24, 2.45) is 5.92 Å². The number of hydrogen-bond donors (Lipinski definition) is 1. The lowest BCUT2D eigenvalue weighted by atomic mass is 10.1. The van der Waals surface area contributed by atoms with Crippen LogP contribution in [0.25, 0.3) is 0 Å². The third kappa shape index (κ3) is 3.53. The number of rotatable bonds is 6. The molecule has 1 saturated heterocycles. The van der Waals surface area contributed by atoms with Crippen LogP contribution in [0.15, 0.2) is 24.3 Å². The Hall–Kier alpha value is -1.06. The van der Waals surface area contributed by atoms with Crippen LogP contribution in [0, 0.1) is 5.92 Å². The van der Waals surface area contributed by atoms with Gasteiger partial charge in [-0.2, -0.15) is 0 Å². The van der Waals surface area contributed by atoms with Gasteiger partial charge in [0.05, 0.1) is 0 Å². The van der Waals surface area contributed by atoms with Gasteiger partial charge in [-0.25, -0.2) is 0 Å². The largest absolute Gasteiger partial charge is 0.369 e. The minimum Gasteiger partial charge on any atom is -0.369 e. The average Bonchev–Trinajstić information content (AvgIpc) is 3.30. The van der Waals surface area contributed by atoms with Gasteiger partial charge in [0.15, 0.2) is 0 Å². The summed E-state index contributed by atoms with van der Waals surface area (Å²) in [7, 11) is 0. The fraction of sp³-hybridized carbons (Fsp3) is 0.647. The minimum absolute atomic E-state index is 0.981. The lowest BCUT2D eigenvalue weighted by Crippen LogP contribution is -2.47. The van der Waals surface area contributed by atoms with Crippen molar-refractivity contribution >= 4 is 5.69 Å². The van der Waals surface area contributed by atoms with Crippen molar-refractivity contribution < 1.29 is 0 Å². The van der Waals surface area contributed by atoms with Gasteiger partial charge in [-0.15, -0.1) is 0 Å². The Morgan fingerprint density at radius 1 is 1.10 bits per heavy atom. The minimum atomic E-state index is 0.981. The zero-order valence-electron chi connectivity index (χ0n) is 12.6. The first-order valence-electron chi connectivity index (χ1n) is 8.12. The van der Waals surface area contributed by atoms with Crippen LogP contribution < -0.4 is 10.2 Å². The van der Waals surface area contributed by atoms with E-state index in [1.54, 1.807) is 0 Å². The molecule has 0 bridgehead atoms. The normalized spacial score (nSPS) is 20.4. The van der Waals surface area contributed by atoms with Gasteiger partial charge < -0.3 is 10.2 Å². The maximum atomic E-state index is 3.45. The Balaban J connectivity index is 1.58. The molecule has 1 aromatic carbocycles. The summed E-state index contributed by atoms with van der Waals surface area (Å²) in [6, 6.07) is 8.86. The van der Waals surface area contributed by atoms with Crippen molar-refractivity contribution in [2.75, 3.05) is 44.2 Å². The predicted octanol–water partition coefficient (Wildman–Crippen LogP) is 2.33. The Bertz CT molecular complexity index is 420. The summed E-state index contributed by atoms with van der Waals surface area (Å²) in [4.78, 5) is 5.22. The van der Waals surface area contributed by atoms with Crippen LogP contribution in [0.5, 0.6) is 0 Å². The Labute approximate surface area is 123 Å². The Morgan fingerprint density at radius 3 is 2.55 bits per heavy atom. The van der Waals surface area contributed by atoms with Crippen molar-refractivity contribution in [2.45, 2.75) is 26.3 Å². The molecule has 1 saturated carbocycles. The summed E-state index contributed by atoms with van der Waals surface area (Å²) < 4.78 is 0. The summed E-state index contributed by atoms with van der Waals surface area (Å²) in [5, 5.41) is 3.45. The van der Waals surface area contributed by atoms with E-state index in [2.05, 4.69) is 46.3 Å². The number of piperazine rings is 1. The SMILES string of the molecule is CCNCc1ccccc1N1CCN(CC2CC2)CC1. The van der Waals surface area contributed by atoms with Crippen LogP contribution in [0.1, 0.15) is 25.3 Å². The van der Waals surface area contributed by atoms with E-state index in [9.17, 15) is 0 Å². The monoisotopic (exact) mass is 273 g/mol. The van der Waals surface area contributed by atoms with Crippen LogP contribution in [0.4, 0.5) is 5.69 Å². The second kappa shape index (κ2) is 6.59. The predicted molar refractivity (Wildman–Crippen MR) is 85.2 cm³/mol. The van der Waals surface area contributed by atoms with Gasteiger partial charge in [0, 0.05) is 45.0 Å². The van der Waals surface area contributed by atoms with E-state index >= 15 is 0 Å². The highest BCUT2D eigenvalue weighted by Crippen LogP contribution is 2.30. The van der Waals surface area contributed by atoms with Gasteiger partial charge in [-0.3, -0.25) is 4.90 Å². The maximum Gasteiger partial charge on any atom is 0.0412 e.